The summed E-state index contributed by atoms with van der Waals surface area (Å²) in [5.41, 5.74) is 1.03. The first-order valence-electron chi connectivity index (χ1n) is 6.29. The van der Waals surface area contributed by atoms with Crippen LogP contribution in [0.1, 0.15) is 18.5 Å². The van der Waals surface area contributed by atoms with E-state index in [1.165, 1.54) is 6.26 Å². The van der Waals surface area contributed by atoms with Gasteiger partial charge in [0.25, 0.3) is 0 Å². The lowest BCUT2D eigenvalue weighted by molar-refractivity contribution is 0.537. The van der Waals surface area contributed by atoms with Gasteiger partial charge in [-0.15, -0.1) is 0 Å². The van der Waals surface area contributed by atoms with E-state index in [2.05, 4.69) is 5.32 Å². The molecule has 0 saturated heterocycles. The van der Waals surface area contributed by atoms with Gasteiger partial charge in [0.1, 0.15) is 0 Å². The van der Waals surface area contributed by atoms with Crippen LogP contribution >= 0.6 is 0 Å². The number of nitrogens with one attached hydrogen (secondary N) is 1. The molecule has 3 nitrogen and oxygen atoms in total. The number of benzene rings is 2. The predicted molar refractivity (Wildman–Crippen MR) is 80.1 cm³/mol. The number of rotatable bonds is 4. The molecule has 4 heteroatoms. The van der Waals surface area contributed by atoms with Crippen LogP contribution in [0, 0.1) is 0 Å². The van der Waals surface area contributed by atoms with Crippen LogP contribution in [0.25, 0.3) is 10.8 Å². The highest BCUT2D eigenvalue weighted by Gasteiger charge is 2.27. The van der Waals surface area contributed by atoms with Crippen molar-refractivity contribution >= 4 is 20.6 Å². The van der Waals surface area contributed by atoms with Gasteiger partial charge < -0.3 is 5.32 Å². The van der Waals surface area contributed by atoms with E-state index in [4.69, 9.17) is 0 Å². The molecule has 0 aromatic heterocycles. The van der Waals surface area contributed by atoms with Crippen LogP contribution in [0.15, 0.2) is 42.5 Å². The van der Waals surface area contributed by atoms with Crippen molar-refractivity contribution in [1.29, 1.82) is 0 Å². The molecule has 2 aromatic carbocycles. The van der Waals surface area contributed by atoms with Crippen LogP contribution in [-0.4, -0.2) is 27.0 Å². The first-order chi connectivity index (χ1) is 8.95. The Labute approximate surface area is 114 Å². The maximum Gasteiger partial charge on any atom is 0.151 e. The number of sulfone groups is 1. The lowest BCUT2D eigenvalue weighted by Crippen LogP contribution is -2.33. The molecule has 19 heavy (non-hydrogen) atoms. The zero-order chi connectivity index (χ0) is 14.0. The van der Waals surface area contributed by atoms with Crippen molar-refractivity contribution in [2.45, 2.75) is 18.2 Å². The molecule has 0 amide bonds. The van der Waals surface area contributed by atoms with E-state index in [-0.39, 0.29) is 6.04 Å². The van der Waals surface area contributed by atoms with Crippen molar-refractivity contribution in [3.63, 3.8) is 0 Å². The predicted octanol–water partition coefficient (Wildman–Crippen LogP) is 2.53. The zero-order valence-corrected chi connectivity index (χ0v) is 12.2. The number of hydrogen-bond acceptors (Lipinski definition) is 3. The van der Waals surface area contributed by atoms with Crippen LogP contribution in [0.5, 0.6) is 0 Å². The Hall–Kier alpha value is -1.39. The Balaban J connectivity index is 2.59. The highest BCUT2D eigenvalue weighted by molar-refractivity contribution is 7.91. The van der Waals surface area contributed by atoms with E-state index < -0.39 is 15.1 Å². The van der Waals surface area contributed by atoms with Crippen LogP contribution in [-0.2, 0) is 9.84 Å². The first kappa shape index (κ1) is 14.0. The van der Waals surface area contributed by atoms with Gasteiger partial charge in [0.2, 0.25) is 0 Å². The fraction of sp³-hybridized carbons (Fsp3) is 0.333. The molecule has 0 aliphatic carbocycles. The van der Waals surface area contributed by atoms with Crippen molar-refractivity contribution in [2.24, 2.45) is 0 Å². The van der Waals surface area contributed by atoms with E-state index in [9.17, 15) is 8.42 Å². The van der Waals surface area contributed by atoms with Gasteiger partial charge in [0, 0.05) is 12.3 Å². The number of hydrogen-bond donors (Lipinski definition) is 1. The van der Waals surface area contributed by atoms with Gasteiger partial charge in [0.15, 0.2) is 9.84 Å². The Kier molecular flexibility index (Phi) is 3.92. The summed E-state index contributed by atoms with van der Waals surface area (Å²) < 4.78 is 23.6. The molecule has 0 bridgehead atoms. The van der Waals surface area contributed by atoms with E-state index >= 15 is 0 Å². The van der Waals surface area contributed by atoms with Crippen LogP contribution in [0.4, 0.5) is 0 Å². The fourth-order valence-corrected chi connectivity index (χ4v) is 3.19. The highest BCUT2D eigenvalue weighted by atomic mass is 32.2. The van der Waals surface area contributed by atoms with E-state index in [0.29, 0.717) is 0 Å². The highest BCUT2D eigenvalue weighted by Crippen LogP contribution is 2.28. The summed E-state index contributed by atoms with van der Waals surface area (Å²) in [6.07, 6.45) is 1.28. The summed E-state index contributed by atoms with van der Waals surface area (Å²) in [5.74, 6) is 0. The van der Waals surface area contributed by atoms with Crippen LogP contribution in [0.2, 0.25) is 0 Å². The summed E-state index contributed by atoms with van der Waals surface area (Å²) >= 11 is 0. The molecule has 0 spiro atoms. The van der Waals surface area contributed by atoms with Gasteiger partial charge in [-0.1, -0.05) is 42.5 Å². The Morgan fingerprint density at radius 3 is 2.32 bits per heavy atom. The van der Waals surface area contributed by atoms with E-state index in [1.54, 1.807) is 14.0 Å². The summed E-state index contributed by atoms with van der Waals surface area (Å²) in [6, 6.07) is 13.8. The summed E-state index contributed by atoms with van der Waals surface area (Å²) in [7, 11) is -1.29. The quantitative estimate of drug-likeness (QED) is 0.934. The number of fused-ring (bicyclic) bond motifs is 1. The molecule has 0 heterocycles. The van der Waals surface area contributed by atoms with Crippen molar-refractivity contribution < 1.29 is 8.42 Å². The summed E-state index contributed by atoms with van der Waals surface area (Å²) in [5, 5.41) is 4.89. The van der Waals surface area contributed by atoms with Crippen LogP contribution in [0.3, 0.4) is 0 Å². The fourth-order valence-electron chi connectivity index (χ4n) is 2.41. The second kappa shape index (κ2) is 5.31. The maximum absolute atomic E-state index is 11.8. The van der Waals surface area contributed by atoms with Gasteiger partial charge >= 0.3 is 0 Å². The molecule has 0 saturated carbocycles. The lowest BCUT2D eigenvalue weighted by atomic mass is 9.97. The molecule has 2 unspecified atom stereocenters. The minimum Gasteiger partial charge on any atom is -0.312 e. The molecule has 0 fully saturated rings. The van der Waals surface area contributed by atoms with Gasteiger partial charge in [-0.3, -0.25) is 0 Å². The molecular formula is C15H19NO2S. The smallest absolute Gasteiger partial charge is 0.151 e. The second-order valence-electron chi connectivity index (χ2n) is 4.87. The minimum atomic E-state index is -3.09. The van der Waals surface area contributed by atoms with Crippen LogP contribution < -0.4 is 5.32 Å². The Morgan fingerprint density at radius 1 is 1.05 bits per heavy atom. The standard InChI is InChI=1S/C15H19NO2S/c1-11(19(3,17)18)15(16-2)14-10-6-8-12-7-4-5-9-13(12)14/h4-11,15-16H,1-3H3. The molecule has 102 valence electrons. The third-order valence-electron chi connectivity index (χ3n) is 3.61. The van der Waals surface area contributed by atoms with Crippen molar-refractivity contribution in [3.8, 4) is 0 Å². The SMILES string of the molecule is CNC(c1cccc2ccccc12)C(C)S(C)(=O)=O. The van der Waals surface area contributed by atoms with Gasteiger partial charge in [0.05, 0.1) is 5.25 Å². The molecule has 2 atom stereocenters. The molecule has 0 aliphatic heterocycles. The second-order valence-corrected chi connectivity index (χ2v) is 7.27. The molecule has 2 rings (SSSR count). The minimum absolute atomic E-state index is 0.207. The Morgan fingerprint density at radius 2 is 1.68 bits per heavy atom. The maximum atomic E-state index is 11.8. The zero-order valence-electron chi connectivity index (χ0n) is 11.4. The average Bonchev–Trinajstić information content (AvgIpc) is 2.38. The van der Waals surface area contributed by atoms with E-state index in [1.807, 2.05) is 42.5 Å². The molecule has 2 aromatic rings. The molecule has 1 N–H and O–H groups in total. The van der Waals surface area contributed by atoms with Crippen molar-refractivity contribution in [1.82, 2.24) is 5.32 Å². The van der Waals surface area contributed by atoms with Crippen molar-refractivity contribution in [2.75, 3.05) is 13.3 Å². The van der Waals surface area contributed by atoms with Crippen molar-refractivity contribution in [3.05, 3.63) is 48.0 Å². The molecular weight excluding hydrogens is 258 g/mol. The lowest BCUT2D eigenvalue weighted by Gasteiger charge is -2.24. The van der Waals surface area contributed by atoms with Gasteiger partial charge in [-0.2, -0.15) is 0 Å². The van der Waals surface area contributed by atoms with E-state index in [0.717, 1.165) is 16.3 Å². The molecule has 0 radical (unpaired) electrons. The molecule has 0 aliphatic rings. The monoisotopic (exact) mass is 277 g/mol. The Bertz CT molecular complexity index is 674. The third kappa shape index (κ3) is 2.80. The largest absolute Gasteiger partial charge is 0.312 e. The first-order valence-corrected chi connectivity index (χ1v) is 8.24. The average molecular weight is 277 g/mol. The van der Waals surface area contributed by atoms with Gasteiger partial charge in [-0.05, 0) is 30.3 Å². The summed E-state index contributed by atoms with van der Waals surface area (Å²) in [6.45, 7) is 1.75. The normalized spacial score (nSPS) is 15.3. The third-order valence-corrected chi connectivity index (χ3v) is 5.24. The topological polar surface area (TPSA) is 46.2 Å². The summed E-state index contributed by atoms with van der Waals surface area (Å²) in [4.78, 5) is 0. The van der Waals surface area contributed by atoms with Gasteiger partial charge in [-0.25, -0.2) is 8.42 Å².